The summed E-state index contributed by atoms with van der Waals surface area (Å²) in [7, 11) is 0. The third-order valence-electron chi connectivity index (χ3n) is 8.80. The van der Waals surface area contributed by atoms with Crippen molar-refractivity contribution < 1.29 is 24.2 Å². The number of carbonyl (C=O) groups is 2. The molecule has 6 rings (SSSR count). The number of aromatic nitrogens is 1. The van der Waals surface area contributed by atoms with Gasteiger partial charge in [-0.05, 0) is 71.0 Å². The van der Waals surface area contributed by atoms with Crippen molar-refractivity contribution in [2.45, 2.75) is 51.0 Å². The van der Waals surface area contributed by atoms with Crippen LogP contribution in [0.4, 0.5) is 10.6 Å². The van der Waals surface area contributed by atoms with Crippen LogP contribution in [-0.2, 0) is 21.4 Å². The van der Waals surface area contributed by atoms with E-state index in [0.717, 1.165) is 46.7 Å². The normalized spacial score (nSPS) is 17.3. The molecule has 1 amide bonds. The van der Waals surface area contributed by atoms with Crippen LogP contribution in [0.15, 0.2) is 72.9 Å². The highest BCUT2D eigenvalue weighted by Crippen LogP contribution is 2.53. The Kier molecular flexibility index (Phi) is 7.69. The van der Waals surface area contributed by atoms with Gasteiger partial charge in [-0.1, -0.05) is 62.4 Å². The van der Waals surface area contributed by atoms with Gasteiger partial charge in [-0.2, -0.15) is 0 Å². The number of piperidine rings is 1. The van der Waals surface area contributed by atoms with Crippen LogP contribution in [0.1, 0.15) is 55.9 Å². The number of nitrogens with two attached hydrogens (primary N) is 1. The number of carboxylic acid groups (broad SMARTS) is 1. The lowest BCUT2D eigenvalue weighted by molar-refractivity contribution is -0.136. The average Bonchev–Trinajstić information content (AvgIpc) is 3.28. The molecule has 1 aromatic heterocycles. The van der Waals surface area contributed by atoms with Crippen molar-refractivity contribution in [2.24, 2.45) is 5.92 Å². The van der Waals surface area contributed by atoms with Gasteiger partial charge in [0.1, 0.15) is 17.7 Å². The quantitative estimate of drug-likeness (QED) is 0.249. The molecule has 0 saturated carbocycles. The lowest BCUT2D eigenvalue weighted by Crippen LogP contribution is -2.45. The zero-order valence-electron chi connectivity index (χ0n) is 24.6. The van der Waals surface area contributed by atoms with E-state index in [1.165, 1.54) is 5.56 Å². The number of amides is 1. The molecular formula is C35H37N3O5. The maximum atomic E-state index is 12.7. The van der Waals surface area contributed by atoms with Crippen molar-refractivity contribution >= 4 is 28.7 Å². The predicted octanol–water partition coefficient (Wildman–Crippen LogP) is 6.76. The molecule has 2 aliphatic rings. The maximum absolute atomic E-state index is 12.7. The van der Waals surface area contributed by atoms with E-state index in [0.29, 0.717) is 36.8 Å². The Hall–Kier alpha value is -4.59. The van der Waals surface area contributed by atoms with Crippen molar-refractivity contribution in [1.82, 2.24) is 9.88 Å². The Morgan fingerprint density at radius 3 is 2.60 bits per heavy atom. The molecule has 43 heavy (non-hydrogen) atoms. The minimum absolute atomic E-state index is 0.111. The van der Waals surface area contributed by atoms with Crippen molar-refractivity contribution in [3.8, 4) is 16.9 Å². The van der Waals surface area contributed by atoms with Crippen molar-refractivity contribution in [2.75, 3.05) is 25.4 Å². The fraction of sp³-hybridized carbons (Fsp3) is 0.343. The largest absolute Gasteiger partial charge is 0.485 e. The summed E-state index contributed by atoms with van der Waals surface area (Å²) in [4.78, 5) is 30.4. The van der Waals surface area contributed by atoms with Crippen LogP contribution in [0.25, 0.3) is 21.9 Å². The fourth-order valence-corrected chi connectivity index (χ4v) is 6.64. The van der Waals surface area contributed by atoms with Gasteiger partial charge < -0.3 is 25.2 Å². The maximum Gasteiger partial charge on any atom is 0.409 e. The van der Waals surface area contributed by atoms with Gasteiger partial charge in [0.15, 0.2) is 0 Å². The molecule has 1 aliphatic heterocycles. The Morgan fingerprint density at radius 1 is 1.05 bits per heavy atom. The van der Waals surface area contributed by atoms with Gasteiger partial charge in [-0.3, -0.25) is 4.79 Å². The van der Waals surface area contributed by atoms with Crippen molar-refractivity contribution in [3.63, 3.8) is 0 Å². The highest BCUT2D eigenvalue weighted by Gasteiger charge is 2.47. The number of aliphatic carboxylic acids is 1. The summed E-state index contributed by atoms with van der Waals surface area (Å²) < 4.78 is 12.2. The molecule has 1 aliphatic carbocycles. The Labute approximate surface area is 251 Å². The number of ether oxygens (including phenoxy) is 2. The number of hydrogen-bond acceptors (Lipinski definition) is 6. The molecule has 2 heterocycles. The van der Waals surface area contributed by atoms with Crippen molar-refractivity contribution in [3.05, 3.63) is 89.6 Å². The molecule has 8 heteroatoms. The third-order valence-corrected chi connectivity index (χ3v) is 8.80. The number of nitrogens with zero attached hydrogens (tertiary/aromatic N) is 2. The molecule has 3 N–H and O–H groups in total. The van der Waals surface area contributed by atoms with Gasteiger partial charge in [0.25, 0.3) is 0 Å². The summed E-state index contributed by atoms with van der Waals surface area (Å²) in [6.45, 7) is 5.68. The number of fused-ring (bicyclic) bond motifs is 3. The van der Waals surface area contributed by atoms with E-state index >= 15 is 0 Å². The topological polar surface area (TPSA) is 115 Å². The second-order valence-electron chi connectivity index (χ2n) is 12.1. The summed E-state index contributed by atoms with van der Waals surface area (Å²) in [6.07, 6.45) is 3.43. The standard InChI is InChI=1S/C35H37N3O5/c1-22(2)21-42-34(41)38-16-13-35(14-17-38)20-31(43-30-9-4-3-6-24(30)19-32(39)40)28-18-23(10-11-29(28)35)25-7-5-8-27-26(25)12-15-37-33(27)36/h3-12,15,18,22,31H,13-14,16-17,19-21H2,1-2H3,(H2,36,37)(H,39,40). The van der Waals surface area contributed by atoms with Crippen molar-refractivity contribution in [1.29, 1.82) is 0 Å². The molecule has 0 bridgehead atoms. The van der Waals surface area contributed by atoms with Crippen LogP contribution < -0.4 is 10.5 Å². The molecule has 0 radical (unpaired) electrons. The minimum atomic E-state index is -0.900. The van der Waals surface area contributed by atoms with E-state index in [-0.39, 0.29) is 30.0 Å². The molecule has 222 valence electrons. The minimum Gasteiger partial charge on any atom is -0.485 e. The van der Waals surface area contributed by atoms with Gasteiger partial charge in [0.05, 0.1) is 13.0 Å². The zero-order chi connectivity index (χ0) is 30.1. The number of carboxylic acids is 1. The van der Waals surface area contributed by atoms with Gasteiger partial charge in [-0.25, -0.2) is 9.78 Å². The first kappa shape index (κ1) is 28.5. The van der Waals surface area contributed by atoms with Gasteiger partial charge in [0.2, 0.25) is 0 Å². The second kappa shape index (κ2) is 11.6. The lowest BCUT2D eigenvalue weighted by atomic mass is 9.73. The Bertz CT molecular complexity index is 1680. The molecule has 8 nitrogen and oxygen atoms in total. The fourth-order valence-electron chi connectivity index (χ4n) is 6.64. The molecule has 1 unspecified atom stereocenters. The highest BCUT2D eigenvalue weighted by molar-refractivity contribution is 6.01. The Morgan fingerprint density at radius 2 is 1.84 bits per heavy atom. The Balaban J connectivity index is 1.37. The first-order valence-electron chi connectivity index (χ1n) is 14.9. The molecule has 1 atom stereocenters. The molecule has 1 fully saturated rings. The molecule has 1 saturated heterocycles. The highest BCUT2D eigenvalue weighted by atomic mass is 16.6. The van der Waals surface area contributed by atoms with E-state index < -0.39 is 5.97 Å². The van der Waals surface area contributed by atoms with Crippen LogP contribution >= 0.6 is 0 Å². The summed E-state index contributed by atoms with van der Waals surface area (Å²) in [5, 5.41) is 11.4. The van der Waals surface area contributed by atoms with Gasteiger partial charge in [0, 0.05) is 35.7 Å². The number of rotatable bonds is 7. The molecular weight excluding hydrogens is 542 g/mol. The molecule has 4 aromatic rings. The number of pyridine rings is 1. The predicted molar refractivity (Wildman–Crippen MR) is 166 cm³/mol. The average molecular weight is 580 g/mol. The smallest absolute Gasteiger partial charge is 0.409 e. The number of likely N-dealkylation sites (tertiary alicyclic amines) is 1. The number of hydrogen-bond donors (Lipinski definition) is 2. The van der Waals surface area contributed by atoms with E-state index in [1.54, 1.807) is 12.3 Å². The summed E-state index contributed by atoms with van der Waals surface area (Å²) >= 11 is 0. The van der Waals surface area contributed by atoms with Crippen LogP contribution in [0, 0.1) is 5.92 Å². The van der Waals surface area contributed by atoms with Crippen LogP contribution in [-0.4, -0.2) is 46.7 Å². The monoisotopic (exact) mass is 579 g/mol. The van der Waals surface area contributed by atoms with Crippen LogP contribution in [0.3, 0.4) is 0 Å². The number of anilines is 1. The summed E-state index contributed by atoms with van der Waals surface area (Å²) in [5.41, 5.74) is 11.1. The number of para-hydroxylation sites is 1. The third kappa shape index (κ3) is 5.61. The number of carbonyl (C=O) groups excluding carboxylic acids is 1. The summed E-state index contributed by atoms with van der Waals surface area (Å²) in [5.74, 6) is 0.465. The van der Waals surface area contributed by atoms with Crippen LogP contribution in [0.2, 0.25) is 0 Å². The number of benzene rings is 3. The molecule has 3 aromatic carbocycles. The molecule has 1 spiro atoms. The van der Waals surface area contributed by atoms with E-state index in [9.17, 15) is 14.7 Å². The zero-order valence-corrected chi connectivity index (χ0v) is 24.6. The SMILES string of the molecule is CC(C)COC(=O)N1CCC2(CC1)CC(Oc1ccccc1CC(=O)O)c1cc(-c3cccc4c(N)nccc34)ccc12. The second-order valence-corrected chi connectivity index (χ2v) is 12.1. The first-order valence-corrected chi connectivity index (χ1v) is 14.9. The van der Waals surface area contributed by atoms with E-state index in [4.69, 9.17) is 15.2 Å². The van der Waals surface area contributed by atoms with Gasteiger partial charge in [-0.15, -0.1) is 0 Å². The number of nitrogen functional groups attached to an aromatic ring is 1. The van der Waals surface area contributed by atoms with Crippen LogP contribution in [0.5, 0.6) is 5.75 Å². The van der Waals surface area contributed by atoms with Gasteiger partial charge >= 0.3 is 12.1 Å². The summed E-state index contributed by atoms with van der Waals surface area (Å²) in [6, 6.07) is 22.0. The first-order chi connectivity index (χ1) is 20.7. The van der Waals surface area contributed by atoms with E-state index in [1.807, 2.05) is 55.1 Å². The lowest BCUT2D eigenvalue weighted by Gasteiger charge is -2.39. The van der Waals surface area contributed by atoms with E-state index in [2.05, 4.69) is 29.2 Å².